The molecule has 0 unspecified atom stereocenters. The van der Waals surface area contributed by atoms with Crippen LogP contribution in [0.1, 0.15) is 12.5 Å². The Morgan fingerprint density at radius 1 is 0.970 bits per heavy atom. The maximum atomic E-state index is 12.7. The molecule has 1 aliphatic rings. The van der Waals surface area contributed by atoms with Gasteiger partial charge < -0.3 is 15.1 Å². The number of para-hydroxylation sites is 2. The van der Waals surface area contributed by atoms with Crippen molar-refractivity contribution in [3.63, 3.8) is 0 Å². The number of carbonyl (C=O) groups is 1. The summed E-state index contributed by atoms with van der Waals surface area (Å²) in [7, 11) is -3.59. The van der Waals surface area contributed by atoms with Crippen molar-refractivity contribution >= 4 is 44.3 Å². The zero-order chi connectivity index (χ0) is 23.3. The Morgan fingerprint density at radius 3 is 2.36 bits per heavy atom. The highest BCUT2D eigenvalue weighted by Gasteiger charge is 2.19. The Kier molecular flexibility index (Phi) is 7.32. The number of hydrogen-bond donors (Lipinski definition) is 2. The minimum atomic E-state index is -3.59. The van der Waals surface area contributed by atoms with Gasteiger partial charge in [0.25, 0.3) is 10.0 Å². The van der Waals surface area contributed by atoms with Gasteiger partial charge in [0.1, 0.15) is 4.21 Å². The van der Waals surface area contributed by atoms with Gasteiger partial charge in [-0.05, 0) is 47.8 Å². The molecule has 174 valence electrons. The van der Waals surface area contributed by atoms with Gasteiger partial charge in [0, 0.05) is 31.9 Å². The molecule has 1 amide bonds. The smallest absolute Gasteiger partial charge is 0.271 e. The van der Waals surface area contributed by atoms with Crippen molar-refractivity contribution in [3.8, 4) is 0 Å². The van der Waals surface area contributed by atoms with Gasteiger partial charge in [-0.3, -0.25) is 9.52 Å². The van der Waals surface area contributed by atoms with Gasteiger partial charge in [-0.2, -0.15) is 0 Å². The average Bonchev–Trinajstić information content (AvgIpc) is 3.37. The van der Waals surface area contributed by atoms with E-state index >= 15 is 0 Å². The second-order valence-electron chi connectivity index (χ2n) is 7.90. The molecule has 1 fully saturated rings. The first-order chi connectivity index (χ1) is 15.9. The molecule has 2 N–H and O–H groups in total. The first kappa shape index (κ1) is 23.3. The zero-order valence-corrected chi connectivity index (χ0v) is 20.2. The predicted octanol–water partition coefficient (Wildman–Crippen LogP) is 3.87. The monoisotopic (exact) mass is 484 g/mol. The van der Waals surface area contributed by atoms with Crippen LogP contribution in [-0.2, 0) is 21.2 Å². The fourth-order valence-electron chi connectivity index (χ4n) is 3.85. The molecule has 0 atom stereocenters. The third-order valence-electron chi connectivity index (χ3n) is 5.67. The number of amides is 1. The lowest BCUT2D eigenvalue weighted by atomic mass is 10.1. The second kappa shape index (κ2) is 10.4. The molecular weight excluding hydrogens is 456 g/mol. The van der Waals surface area contributed by atoms with Gasteiger partial charge >= 0.3 is 0 Å². The minimum Gasteiger partial charge on any atom is -0.367 e. The van der Waals surface area contributed by atoms with Gasteiger partial charge in [0.15, 0.2) is 0 Å². The Bertz CT molecular complexity index is 1170. The minimum absolute atomic E-state index is 0.110. The SMILES string of the molecule is CCN1CCN(c2ccccc2NC(=O)Cc2ccc(NS(=O)(=O)c3cccs3)cc2)CC1. The van der Waals surface area contributed by atoms with E-state index in [0.717, 1.165) is 61.0 Å². The number of benzene rings is 2. The molecule has 1 aliphatic heterocycles. The lowest BCUT2D eigenvalue weighted by Gasteiger charge is -2.36. The third kappa shape index (κ3) is 5.93. The van der Waals surface area contributed by atoms with Crippen molar-refractivity contribution < 1.29 is 13.2 Å². The summed E-state index contributed by atoms with van der Waals surface area (Å²) in [5.41, 5.74) is 3.12. The van der Waals surface area contributed by atoms with E-state index in [1.807, 2.05) is 24.3 Å². The van der Waals surface area contributed by atoms with Crippen LogP contribution >= 0.6 is 11.3 Å². The summed E-state index contributed by atoms with van der Waals surface area (Å²) in [4.78, 5) is 17.5. The average molecular weight is 485 g/mol. The lowest BCUT2D eigenvalue weighted by molar-refractivity contribution is -0.115. The fourth-order valence-corrected chi connectivity index (χ4v) is 5.90. The predicted molar refractivity (Wildman–Crippen MR) is 135 cm³/mol. The topological polar surface area (TPSA) is 81.8 Å². The maximum absolute atomic E-state index is 12.7. The first-order valence-electron chi connectivity index (χ1n) is 11.0. The number of hydrogen-bond acceptors (Lipinski definition) is 6. The van der Waals surface area contributed by atoms with E-state index in [4.69, 9.17) is 0 Å². The quantitative estimate of drug-likeness (QED) is 0.507. The van der Waals surface area contributed by atoms with Crippen LogP contribution in [0.25, 0.3) is 0 Å². The summed E-state index contributed by atoms with van der Waals surface area (Å²) in [6.45, 7) is 7.13. The normalized spacial score (nSPS) is 14.8. The number of thiophene rings is 1. The molecule has 4 rings (SSSR count). The van der Waals surface area contributed by atoms with Crippen molar-refractivity contribution in [2.24, 2.45) is 0 Å². The van der Waals surface area contributed by atoms with Crippen LogP contribution in [0.4, 0.5) is 17.1 Å². The molecule has 2 heterocycles. The summed E-state index contributed by atoms with van der Waals surface area (Å²) >= 11 is 1.16. The summed E-state index contributed by atoms with van der Waals surface area (Å²) < 4.78 is 27.5. The maximum Gasteiger partial charge on any atom is 0.271 e. The van der Waals surface area contributed by atoms with Crippen LogP contribution in [0.2, 0.25) is 0 Å². The number of likely N-dealkylation sites (N-methyl/N-ethyl adjacent to an activating group) is 1. The van der Waals surface area contributed by atoms with Crippen LogP contribution < -0.4 is 14.9 Å². The molecule has 3 aromatic rings. The first-order valence-corrected chi connectivity index (χ1v) is 13.3. The Balaban J connectivity index is 1.37. The number of carbonyl (C=O) groups excluding carboxylic acids is 1. The second-order valence-corrected chi connectivity index (χ2v) is 10.8. The fraction of sp³-hybridized carbons (Fsp3) is 0.292. The van der Waals surface area contributed by atoms with Crippen molar-refractivity contribution in [2.45, 2.75) is 17.6 Å². The Hall–Kier alpha value is -2.88. The van der Waals surface area contributed by atoms with E-state index in [1.165, 1.54) is 0 Å². The summed E-state index contributed by atoms with van der Waals surface area (Å²) in [6.07, 6.45) is 0.204. The largest absolute Gasteiger partial charge is 0.367 e. The number of piperazine rings is 1. The highest BCUT2D eigenvalue weighted by atomic mass is 32.2. The molecule has 7 nitrogen and oxygen atoms in total. The molecule has 0 aliphatic carbocycles. The van der Waals surface area contributed by atoms with Crippen LogP contribution in [0.3, 0.4) is 0 Å². The van der Waals surface area contributed by atoms with Crippen LogP contribution in [0.5, 0.6) is 0 Å². The molecule has 1 saturated heterocycles. The van der Waals surface area contributed by atoms with Gasteiger partial charge in [0.05, 0.1) is 17.8 Å². The van der Waals surface area contributed by atoms with Gasteiger partial charge in [-0.1, -0.05) is 37.3 Å². The van der Waals surface area contributed by atoms with Crippen molar-refractivity contribution in [2.75, 3.05) is 47.7 Å². The van der Waals surface area contributed by atoms with Crippen molar-refractivity contribution in [3.05, 3.63) is 71.6 Å². The van der Waals surface area contributed by atoms with E-state index in [2.05, 4.69) is 26.8 Å². The molecule has 0 radical (unpaired) electrons. The molecule has 0 saturated carbocycles. The van der Waals surface area contributed by atoms with E-state index in [0.29, 0.717) is 5.69 Å². The summed E-state index contributed by atoms with van der Waals surface area (Å²) in [6, 6.07) is 18.0. The standard InChI is InChI=1S/C24H28N4O3S2/c1-2-27-13-15-28(16-14-27)22-7-4-3-6-21(22)25-23(29)18-19-9-11-20(12-10-19)26-33(30,31)24-8-5-17-32-24/h3-12,17,26H,2,13-16,18H2,1H3,(H,25,29). The molecule has 33 heavy (non-hydrogen) atoms. The van der Waals surface area contributed by atoms with Gasteiger partial charge in [-0.25, -0.2) is 8.42 Å². The molecule has 0 spiro atoms. The summed E-state index contributed by atoms with van der Waals surface area (Å²) in [5, 5.41) is 4.77. The summed E-state index contributed by atoms with van der Waals surface area (Å²) in [5.74, 6) is -0.110. The molecule has 9 heteroatoms. The van der Waals surface area contributed by atoms with Crippen molar-refractivity contribution in [1.29, 1.82) is 0 Å². The van der Waals surface area contributed by atoms with E-state index in [9.17, 15) is 13.2 Å². The van der Waals surface area contributed by atoms with E-state index < -0.39 is 10.0 Å². The van der Waals surface area contributed by atoms with Crippen molar-refractivity contribution in [1.82, 2.24) is 4.90 Å². The number of anilines is 3. The third-order valence-corrected chi connectivity index (χ3v) is 8.45. The molecular formula is C24H28N4O3S2. The number of sulfonamides is 1. The number of nitrogens with one attached hydrogen (secondary N) is 2. The molecule has 0 bridgehead atoms. The lowest BCUT2D eigenvalue weighted by Crippen LogP contribution is -2.46. The van der Waals surface area contributed by atoms with Crippen LogP contribution in [0, 0.1) is 0 Å². The van der Waals surface area contributed by atoms with Crippen LogP contribution in [0.15, 0.2) is 70.3 Å². The Labute approximate surface area is 199 Å². The number of nitrogens with zero attached hydrogens (tertiary/aromatic N) is 2. The molecule has 2 aromatic carbocycles. The van der Waals surface area contributed by atoms with Crippen LogP contribution in [-0.4, -0.2) is 51.9 Å². The molecule has 1 aromatic heterocycles. The highest BCUT2D eigenvalue weighted by Crippen LogP contribution is 2.27. The van der Waals surface area contributed by atoms with Gasteiger partial charge in [-0.15, -0.1) is 11.3 Å². The highest BCUT2D eigenvalue weighted by molar-refractivity contribution is 7.94. The zero-order valence-electron chi connectivity index (χ0n) is 18.5. The van der Waals surface area contributed by atoms with Gasteiger partial charge in [0.2, 0.25) is 5.91 Å². The van der Waals surface area contributed by atoms with E-state index in [-0.39, 0.29) is 16.5 Å². The Morgan fingerprint density at radius 2 is 1.70 bits per heavy atom. The number of rotatable bonds is 8. The van der Waals surface area contributed by atoms with E-state index in [1.54, 1.807) is 41.8 Å².